The molecular weight excluding hydrogens is 501 g/mol. The van der Waals surface area contributed by atoms with Crippen LogP contribution in [0.1, 0.15) is 70.7 Å². The van der Waals surface area contributed by atoms with Crippen molar-refractivity contribution in [2.75, 3.05) is 25.0 Å². The molecule has 1 heterocycles. The molecule has 1 aromatic rings. The van der Waals surface area contributed by atoms with Gasteiger partial charge in [0.1, 0.15) is 5.78 Å². The van der Waals surface area contributed by atoms with Crippen LogP contribution in [-0.4, -0.2) is 52.2 Å². The lowest BCUT2D eigenvalue weighted by atomic mass is 9.98. The molecule has 2 atom stereocenters. The molecule has 5 nitrogen and oxygen atoms in total. The van der Waals surface area contributed by atoms with Crippen LogP contribution in [0.15, 0.2) is 24.3 Å². The molecule has 1 saturated heterocycles. The third-order valence-corrected chi connectivity index (χ3v) is 6.87. The Bertz CT molecular complexity index is 714. The smallest absolute Gasteiger partial charge is 0.165 e. The van der Waals surface area contributed by atoms with Gasteiger partial charge < -0.3 is 10.6 Å². The first-order valence-electron chi connectivity index (χ1n) is 11.7. The van der Waals surface area contributed by atoms with Crippen molar-refractivity contribution >= 4 is 39.8 Å². The van der Waals surface area contributed by atoms with E-state index in [2.05, 4.69) is 58.9 Å². The van der Waals surface area contributed by atoms with Gasteiger partial charge in [-0.2, -0.15) is 0 Å². The molecule has 0 amide bonds. The fourth-order valence-corrected chi connectivity index (χ4v) is 4.73. The Kier molecular flexibility index (Phi) is 10.9. The zero-order chi connectivity index (χ0) is 23.0. The Morgan fingerprint density at radius 2 is 1.77 bits per heavy atom. The number of benzene rings is 1. The highest BCUT2D eigenvalue weighted by molar-refractivity contribution is 14.1. The third kappa shape index (κ3) is 9.18. The molecule has 0 spiro atoms. The SMILES string of the molecule is CC(C)NC1CCN(CC(=O)C(C)CCC(I)Nc2cccc(C(=O)C(C)C)c2)CC1. The molecule has 0 bridgehead atoms. The van der Waals surface area contributed by atoms with Gasteiger partial charge in [-0.15, -0.1) is 0 Å². The molecule has 31 heavy (non-hydrogen) atoms. The minimum absolute atomic E-state index is 0.00484. The summed E-state index contributed by atoms with van der Waals surface area (Å²) in [5.74, 6) is 0.578. The average molecular weight is 542 g/mol. The number of hydrogen-bond acceptors (Lipinski definition) is 5. The lowest BCUT2D eigenvalue weighted by Crippen LogP contribution is -2.46. The summed E-state index contributed by atoms with van der Waals surface area (Å²) in [5.41, 5.74) is 1.71. The predicted octanol–water partition coefficient (Wildman–Crippen LogP) is 5.15. The molecule has 2 unspecified atom stereocenters. The lowest BCUT2D eigenvalue weighted by molar-refractivity contribution is -0.124. The van der Waals surface area contributed by atoms with Gasteiger partial charge in [-0.25, -0.2) is 0 Å². The number of rotatable bonds is 12. The number of carbonyl (C=O) groups is 2. The van der Waals surface area contributed by atoms with Crippen LogP contribution in [0.4, 0.5) is 5.69 Å². The van der Waals surface area contributed by atoms with Crippen molar-refractivity contribution in [1.29, 1.82) is 0 Å². The number of nitrogens with one attached hydrogen (secondary N) is 2. The second-order valence-corrected chi connectivity index (χ2v) is 11.0. The molecule has 2 N–H and O–H groups in total. The van der Waals surface area contributed by atoms with Crippen LogP contribution in [0, 0.1) is 11.8 Å². The summed E-state index contributed by atoms with van der Waals surface area (Å²) in [5, 5.41) is 7.09. The Hall–Kier alpha value is -0.990. The maximum atomic E-state index is 12.7. The molecule has 0 radical (unpaired) electrons. The summed E-state index contributed by atoms with van der Waals surface area (Å²) in [4.78, 5) is 27.2. The van der Waals surface area contributed by atoms with E-state index in [9.17, 15) is 9.59 Å². The van der Waals surface area contributed by atoms with Gasteiger partial charge in [0.15, 0.2) is 5.78 Å². The largest absolute Gasteiger partial charge is 0.373 e. The summed E-state index contributed by atoms with van der Waals surface area (Å²) in [6.07, 6.45) is 4.03. The first-order valence-corrected chi connectivity index (χ1v) is 13.0. The molecule has 1 fully saturated rings. The number of likely N-dealkylation sites (tertiary alicyclic amines) is 1. The van der Waals surface area contributed by atoms with Crippen LogP contribution in [-0.2, 0) is 4.79 Å². The standard InChI is InChI=1S/C25H40IN3O2/c1-17(2)25(31)20-7-6-8-22(15-20)28-24(26)10-9-19(5)23(30)16-29-13-11-21(12-14-29)27-18(3)4/h6-8,15,17-19,21,24,27-28H,9-14,16H2,1-5H3. The number of Topliss-reactive ketones (excluding diaryl/α,β-unsaturated/α-hetero) is 2. The molecular formula is C25H40IN3O2. The summed E-state index contributed by atoms with van der Waals surface area (Å²) < 4.78 is 0.218. The highest BCUT2D eigenvalue weighted by Gasteiger charge is 2.23. The summed E-state index contributed by atoms with van der Waals surface area (Å²) in [6, 6.07) is 8.83. The minimum atomic E-state index is -0.00484. The van der Waals surface area contributed by atoms with Crippen molar-refractivity contribution < 1.29 is 9.59 Å². The molecule has 1 aromatic carbocycles. The number of ketones is 2. The van der Waals surface area contributed by atoms with Gasteiger partial charge in [0, 0.05) is 48.3 Å². The van der Waals surface area contributed by atoms with Gasteiger partial charge in [0.25, 0.3) is 0 Å². The van der Waals surface area contributed by atoms with Crippen molar-refractivity contribution in [2.45, 2.75) is 76.4 Å². The Labute approximate surface area is 202 Å². The number of nitrogens with zero attached hydrogens (tertiary/aromatic N) is 1. The molecule has 0 aliphatic carbocycles. The normalized spacial score (nSPS) is 17.7. The molecule has 6 heteroatoms. The van der Waals surface area contributed by atoms with Crippen LogP contribution in [0.5, 0.6) is 0 Å². The highest BCUT2D eigenvalue weighted by Crippen LogP contribution is 2.21. The van der Waals surface area contributed by atoms with Crippen molar-refractivity contribution in [2.24, 2.45) is 11.8 Å². The van der Waals surface area contributed by atoms with Gasteiger partial charge in [0.2, 0.25) is 0 Å². The monoisotopic (exact) mass is 541 g/mol. The zero-order valence-corrected chi connectivity index (χ0v) is 21.9. The van der Waals surface area contributed by atoms with Crippen molar-refractivity contribution in [3.8, 4) is 0 Å². The van der Waals surface area contributed by atoms with Gasteiger partial charge in [-0.05, 0) is 37.8 Å². The van der Waals surface area contributed by atoms with Crippen LogP contribution >= 0.6 is 22.6 Å². The number of anilines is 1. The van der Waals surface area contributed by atoms with E-state index in [0.29, 0.717) is 24.4 Å². The summed E-state index contributed by atoms with van der Waals surface area (Å²) in [6.45, 7) is 12.9. The van der Waals surface area contributed by atoms with E-state index >= 15 is 0 Å². The van der Waals surface area contributed by atoms with Crippen LogP contribution < -0.4 is 10.6 Å². The van der Waals surface area contributed by atoms with Crippen molar-refractivity contribution in [3.63, 3.8) is 0 Å². The summed E-state index contributed by atoms with van der Waals surface area (Å²) >= 11 is 2.39. The number of carbonyl (C=O) groups excluding carboxylic acids is 2. The molecule has 0 saturated carbocycles. The fourth-order valence-electron chi connectivity index (χ4n) is 4.01. The van der Waals surface area contributed by atoms with E-state index in [1.807, 2.05) is 38.1 Å². The average Bonchev–Trinajstić information content (AvgIpc) is 2.72. The first kappa shape index (κ1) is 26.3. The second-order valence-electron chi connectivity index (χ2n) is 9.53. The molecule has 0 aromatic heterocycles. The number of hydrogen-bond donors (Lipinski definition) is 2. The number of piperidine rings is 1. The maximum absolute atomic E-state index is 12.7. The molecule has 174 valence electrons. The van der Waals surface area contributed by atoms with Crippen molar-refractivity contribution in [1.82, 2.24) is 10.2 Å². The zero-order valence-electron chi connectivity index (χ0n) is 19.8. The molecule has 1 aliphatic heterocycles. The van der Waals surface area contributed by atoms with Gasteiger partial charge in [-0.1, -0.05) is 69.3 Å². The van der Waals surface area contributed by atoms with E-state index in [1.54, 1.807) is 0 Å². The molecule has 2 rings (SSSR count). The quantitative estimate of drug-likeness (QED) is 0.166. The van der Waals surface area contributed by atoms with Crippen molar-refractivity contribution in [3.05, 3.63) is 29.8 Å². The topological polar surface area (TPSA) is 61.4 Å². The number of alkyl halides is 1. The molecule has 1 aliphatic rings. The number of halogens is 1. The third-order valence-electron chi connectivity index (χ3n) is 5.93. The van der Waals surface area contributed by atoms with E-state index in [0.717, 1.165) is 50.0 Å². The summed E-state index contributed by atoms with van der Waals surface area (Å²) in [7, 11) is 0. The second kappa shape index (κ2) is 12.9. The van der Waals surface area contributed by atoms with Gasteiger partial charge in [-0.3, -0.25) is 14.5 Å². The predicted molar refractivity (Wildman–Crippen MR) is 138 cm³/mol. The first-order chi connectivity index (χ1) is 14.7. The fraction of sp³-hybridized carbons (Fsp3) is 0.680. The Morgan fingerprint density at radius 1 is 1.10 bits per heavy atom. The van der Waals surface area contributed by atoms with E-state index < -0.39 is 0 Å². The Balaban J connectivity index is 1.73. The van der Waals surface area contributed by atoms with E-state index in [4.69, 9.17) is 0 Å². The Morgan fingerprint density at radius 3 is 2.39 bits per heavy atom. The van der Waals surface area contributed by atoms with Crippen LogP contribution in [0.2, 0.25) is 0 Å². The lowest BCUT2D eigenvalue weighted by Gasteiger charge is -2.33. The minimum Gasteiger partial charge on any atom is -0.373 e. The van der Waals surface area contributed by atoms with Crippen LogP contribution in [0.3, 0.4) is 0 Å². The van der Waals surface area contributed by atoms with E-state index in [-0.39, 0.29) is 21.7 Å². The highest BCUT2D eigenvalue weighted by atomic mass is 127. The van der Waals surface area contributed by atoms with E-state index in [1.165, 1.54) is 0 Å². The van der Waals surface area contributed by atoms with Gasteiger partial charge >= 0.3 is 0 Å². The maximum Gasteiger partial charge on any atom is 0.165 e. The van der Waals surface area contributed by atoms with Gasteiger partial charge in [0.05, 0.1) is 10.6 Å². The van der Waals surface area contributed by atoms with Crippen LogP contribution in [0.25, 0.3) is 0 Å².